The van der Waals surface area contributed by atoms with Crippen molar-refractivity contribution in [1.29, 1.82) is 0 Å². The van der Waals surface area contributed by atoms with Crippen molar-refractivity contribution in [3.8, 4) is 23.0 Å². The lowest BCUT2D eigenvalue weighted by Gasteiger charge is -2.32. The summed E-state index contributed by atoms with van der Waals surface area (Å²) < 4.78 is 21.9. The van der Waals surface area contributed by atoms with E-state index >= 15 is 0 Å². The zero-order chi connectivity index (χ0) is 26.8. The first-order valence-corrected chi connectivity index (χ1v) is 12.8. The Kier molecular flexibility index (Phi) is 9.95. The predicted molar refractivity (Wildman–Crippen MR) is 146 cm³/mol. The van der Waals surface area contributed by atoms with Crippen molar-refractivity contribution in [2.24, 2.45) is 11.3 Å². The molecular weight excluding hydrogens is 468 g/mol. The van der Waals surface area contributed by atoms with Crippen molar-refractivity contribution in [2.75, 3.05) is 27.9 Å². The lowest BCUT2D eigenvalue weighted by molar-refractivity contribution is -0.137. The maximum absolute atomic E-state index is 13.5. The number of ketones is 2. The van der Waals surface area contributed by atoms with Gasteiger partial charge in [0, 0.05) is 0 Å². The van der Waals surface area contributed by atoms with E-state index in [0.29, 0.717) is 48.4 Å². The highest BCUT2D eigenvalue weighted by Crippen LogP contribution is 2.39. The molecule has 37 heavy (non-hydrogen) atoms. The second kappa shape index (κ2) is 13.1. The molecule has 2 aromatic rings. The van der Waals surface area contributed by atoms with Crippen molar-refractivity contribution in [3.05, 3.63) is 59.7 Å². The van der Waals surface area contributed by atoms with E-state index in [9.17, 15) is 9.59 Å². The maximum atomic E-state index is 13.5. The fraction of sp³-hybridized carbons (Fsp3) is 0.419. The molecule has 0 aliphatic heterocycles. The van der Waals surface area contributed by atoms with E-state index in [0.717, 1.165) is 30.4 Å². The van der Waals surface area contributed by atoms with Gasteiger partial charge in [0.15, 0.2) is 34.6 Å². The lowest BCUT2D eigenvalue weighted by atomic mass is 9.68. The van der Waals surface area contributed by atoms with Crippen LogP contribution in [0.3, 0.4) is 0 Å². The molecule has 0 spiro atoms. The summed E-state index contributed by atoms with van der Waals surface area (Å²) in [6.45, 7) is 4.72. The number of rotatable bonds is 12. The van der Waals surface area contributed by atoms with Crippen LogP contribution in [0.15, 0.2) is 48.6 Å². The Bertz CT molecular complexity index is 1140. The highest BCUT2D eigenvalue weighted by Gasteiger charge is 2.43. The molecule has 2 aromatic carbocycles. The molecule has 0 heterocycles. The molecule has 0 unspecified atom stereocenters. The van der Waals surface area contributed by atoms with E-state index in [4.69, 9.17) is 18.9 Å². The summed E-state index contributed by atoms with van der Waals surface area (Å²) in [5.41, 5.74) is 0.574. The number of hydrogen-bond acceptors (Lipinski definition) is 6. The van der Waals surface area contributed by atoms with Crippen LogP contribution in [0.2, 0.25) is 0 Å². The van der Waals surface area contributed by atoms with Gasteiger partial charge in [-0.15, -0.1) is 0 Å². The number of carbonyl (C=O) groups is 2. The molecule has 0 aromatic heterocycles. The van der Waals surface area contributed by atoms with Crippen LogP contribution in [0.5, 0.6) is 23.0 Å². The molecule has 6 heteroatoms. The van der Waals surface area contributed by atoms with Gasteiger partial charge in [-0.2, -0.15) is 0 Å². The third kappa shape index (κ3) is 7.03. The summed E-state index contributed by atoms with van der Waals surface area (Å²) >= 11 is 0. The Morgan fingerprint density at radius 2 is 1.24 bits per heavy atom. The van der Waals surface area contributed by atoms with Gasteiger partial charge in [0.25, 0.3) is 0 Å². The summed E-state index contributed by atoms with van der Waals surface area (Å²) in [7, 11) is 4.75. The van der Waals surface area contributed by atoms with Crippen LogP contribution >= 0.6 is 0 Å². The molecule has 1 saturated carbocycles. The predicted octanol–water partition coefficient (Wildman–Crippen LogP) is 6.56. The van der Waals surface area contributed by atoms with Gasteiger partial charge in [0.2, 0.25) is 0 Å². The van der Waals surface area contributed by atoms with Crippen LogP contribution in [-0.4, -0.2) is 39.5 Å². The SMILES string of the molecule is COc1ccc(/C=C/C(=O)C2(C(=O)/C=C/c3ccc(OC)c(OCC(C)C)c3)CCCCC2)cc1OC. The number of benzene rings is 2. The van der Waals surface area contributed by atoms with Crippen LogP contribution < -0.4 is 18.9 Å². The Balaban J connectivity index is 1.82. The Labute approximate surface area is 220 Å². The first-order valence-electron chi connectivity index (χ1n) is 12.8. The minimum Gasteiger partial charge on any atom is -0.493 e. The van der Waals surface area contributed by atoms with Crippen molar-refractivity contribution in [1.82, 2.24) is 0 Å². The van der Waals surface area contributed by atoms with Gasteiger partial charge in [-0.3, -0.25) is 9.59 Å². The molecule has 1 aliphatic carbocycles. The third-order valence-corrected chi connectivity index (χ3v) is 6.67. The van der Waals surface area contributed by atoms with Gasteiger partial charge < -0.3 is 18.9 Å². The molecule has 6 nitrogen and oxygen atoms in total. The molecule has 0 atom stereocenters. The quantitative estimate of drug-likeness (QED) is 0.240. The van der Waals surface area contributed by atoms with Gasteiger partial charge >= 0.3 is 0 Å². The van der Waals surface area contributed by atoms with E-state index in [1.807, 2.05) is 24.3 Å². The van der Waals surface area contributed by atoms with Gasteiger partial charge in [-0.1, -0.05) is 57.4 Å². The van der Waals surface area contributed by atoms with Crippen LogP contribution in [0.25, 0.3) is 12.2 Å². The Hall–Kier alpha value is -3.54. The molecule has 0 bridgehead atoms. The van der Waals surface area contributed by atoms with Gasteiger partial charge in [0.05, 0.1) is 33.4 Å². The van der Waals surface area contributed by atoms with Crippen molar-refractivity contribution in [3.63, 3.8) is 0 Å². The van der Waals surface area contributed by atoms with Crippen LogP contribution in [-0.2, 0) is 9.59 Å². The van der Waals surface area contributed by atoms with E-state index in [1.54, 1.807) is 51.7 Å². The van der Waals surface area contributed by atoms with E-state index in [2.05, 4.69) is 13.8 Å². The Morgan fingerprint density at radius 3 is 1.73 bits per heavy atom. The Morgan fingerprint density at radius 1 is 0.757 bits per heavy atom. The third-order valence-electron chi connectivity index (χ3n) is 6.67. The van der Waals surface area contributed by atoms with Crippen LogP contribution in [0, 0.1) is 11.3 Å². The maximum Gasteiger partial charge on any atom is 0.169 e. The van der Waals surface area contributed by atoms with Crippen LogP contribution in [0.1, 0.15) is 57.1 Å². The van der Waals surface area contributed by atoms with Gasteiger partial charge in [-0.25, -0.2) is 0 Å². The minimum absolute atomic E-state index is 0.158. The smallest absolute Gasteiger partial charge is 0.169 e. The fourth-order valence-electron chi connectivity index (χ4n) is 4.56. The molecular formula is C31H38O6. The van der Waals surface area contributed by atoms with Gasteiger partial charge in [-0.05, 0) is 66.3 Å². The summed E-state index contributed by atoms with van der Waals surface area (Å²) in [6, 6.07) is 11.0. The first-order chi connectivity index (χ1) is 17.8. The summed E-state index contributed by atoms with van der Waals surface area (Å²) in [4.78, 5) is 27.0. The molecule has 1 aliphatic rings. The van der Waals surface area contributed by atoms with Crippen molar-refractivity contribution >= 4 is 23.7 Å². The number of methoxy groups -OCH3 is 3. The largest absolute Gasteiger partial charge is 0.493 e. The van der Waals surface area contributed by atoms with E-state index in [1.165, 1.54) is 6.08 Å². The zero-order valence-corrected chi connectivity index (χ0v) is 22.5. The standard InChI is InChI=1S/C31H38O6/c1-22(2)21-37-28-20-24(10-14-26(28)35-4)12-16-30(33)31(17-7-6-8-18-31)29(32)15-11-23-9-13-25(34-3)27(19-23)36-5/h9-16,19-20,22H,6-8,17-18,21H2,1-5H3/b15-11+,16-12+. The van der Waals surface area contributed by atoms with E-state index < -0.39 is 5.41 Å². The summed E-state index contributed by atoms with van der Waals surface area (Å²) in [5.74, 6) is 2.53. The molecule has 198 valence electrons. The average molecular weight is 507 g/mol. The number of carbonyl (C=O) groups excluding carboxylic acids is 2. The fourth-order valence-corrected chi connectivity index (χ4v) is 4.56. The molecule has 3 rings (SSSR count). The van der Waals surface area contributed by atoms with Crippen molar-refractivity contribution < 1.29 is 28.5 Å². The van der Waals surface area contributed by atoms with Crippen molar-refractivity contribution in [2.45, 2.75) is 46.0 Å². The highest BCUT2D eigenvalue weighted by atomic mass is 16.5. The monoisotopic (exact) mass is 506 g/mol. The average Bonchev–Trinajstić information content (AvgIpc) is 2.93. The molecule has 0 N–H and O–H groups in total. The minimum atomic E-state index is -1.04. The summed E-state index contributed by atoms with van der Waals surface area (Å²) in [6.07, 6.45) is 10.4. The molecule has 0 saturated heterocycles. The lowest BCUT2D eigenvalue weighted by Crippen LogP contribution is -2.39. The summed E-state index contributed by atoms with van der Waals surface area (Å²) in [5, 5.41) is 0. The highest BCUT2D eigenvalue weighted by molar-refractivity contribution is 6.17. The second-order valence-corrected chi connectivity index (χ2v) is 9.77. The molecule has 0 radical (unpaired) electrons. The molecule has 1 fully saturated rings. The van der Waals surface area contributed by atoms with E-state index in [-0.39, 0.29) is 11.6 Å². The second-order valence-electron chi connectivity index (χ2n) is 9.77. The number of ether oxygens (including phenoxy) is 4. The van der Waals surface area contributed by atoms with Crippen LogP contribution in [0.4, 0.5) is 0 Å². The normalized spacial score (nSPS) is 15.2. The molecule has 0 amide bonds. The topological polar surface area (TPSA) is 71.1 Å². The number of hydrogen-bond donors (Lipinski definition) is 0. The zero-order valence-electron chi connectivity index (χ0n) is 22.5. The number of allylic oxidation sites excluding steroid dienone is 2. The first kappa shape index (κ1) is 28.0. The van der Waals surface area contributed by atoms with Gasteiger partial charge in [0.1, 0.15) is 0 Å².